The summed E-state index contributed by atoms with van der Waals surface area (Å²) in [6.45, 7) is 1.92. The smallest absolute Gasteiger partial charge is 0.235 e. The molecule has 1 N–H and O–H groups in total. The van der Waals surface area contributed by atoms with E-state index in [1.165, 1.54) is 28.3 Å². The Morgan fingerprint density at radius 1 is 1.07 bits per heavy atom. The van der Waals surface area contributed by atoms with Crippen LogP contribution in [0.15, 0.2) is 48.5 Å². The molecular weight excluding hydrogens is 372 g/mol. The molecule has 1 atom stereocenters. The van der Waals surface area contributed by atoms with Crippen molar-refractivity contribution < 1.29 is 13.2 Å². The third-order valence-corrected chi connectivity index (χ3v) is 6.44. The number of rotatable bonds is 7. The zero-order valence-electron chi connectivity index (χ0n) is 16.5. The fraction of sp³-hybridized carbons (Fsp3) is 0.409. The highest BCUT2D eigenvalue weighted by molar-refractivity contribution is 7.88. The second kappa shape index (κ2) is 8.88. The number of carbonyl (C=O) groups is 1. The minimum atomic E-state index is -3.50. The van der Waals surface area contributed by atoms with E-state index < -0.39 is 10.0 Å². The lowest BCUT2D eigenvalue weighted by molar-refractivity contribution is -0.122. The quantitative estimate of drug-likeness (QED) is 0.776. The van der Waals surface area contributed by atoms with E-state index >= 15 is 0 Å². The lowest BCUT2D eigenvalue weighted by Crippen LogP contribution is -2.40. The Morgan fingerprint density at radius 3 is 2.43 bits per heavy atom. The van der Waals surface area contributed by atoms with Crippen LogP contribution in [0, 0.1) is 0 Å². The number of nitrogens with zero attached hydrogens (tertiary/aromatic N) is 1. The van der Waals surface area contributed by atoms with E-state index in [0.717, 1.165) is 30.2 Å². The van der Waals surface area contributed by atoms with Crippen LogP contribution in [-0.4, -0.2) is 31.4 Å². The molecule has 0 aliphatic heterocycles. The number of hydrogen-bond acceptors (Lipinski definition) is 3. The number of amides is 1. The molecule has 5 nitrogen and oxygen atoms in total. The lowest BCUT2D eigenvalue weighted by Gasteiger charge is -2.23. The van der Waals surface area contributed by atoms with Gasteiger partial charge in [-0.2, -0.15) is 4.31 Å². The summed E-state index contributed by atoms with van der Waals surface area (Å²) in [6.07, 6.45) is 5.79. The molecule has 0 heterocycles. The Balaban J connectivity index is 1.65. The van der Waals surface area contributed by atoms with Crippen molar-refractivity contribution in [2.45, 2.75) is 45.2 Å². The Hall–Kier alpha value is -2.18. The number of sulfonamides is 1. The Bertz CT molecular complexity index is 926. The van der Waals surface area contributed by atoms with E-state index in [0.29, 0.717) is 0 Å². The third-order valence-electron chi connectivity index (χ3n) is 5.24. The van der Waals surface area contributed by atoms with Crippen LogP contribution in [0.1, 0.15) is 48.1 Å². The minimum absolute atomic E-state index is 0.169. The van der Waals surface area contributed by atoms with Gasteiger partial charge in [0.2, 0.25) is 15.9 Å². The fourth-order valence-corrected chi connectivity index (χ4v) is 4.37. The van der Waals surface area contributed by atoms with Crippen molar-refractivity contribution in [2.75, 3.05) is 12.8 Å². The lowest BCUT2D eigenvalue weighted by atomic mass is 9.89. The first-order chi connectivity index (χ1) is 13.3. The van der Waals surface area contributed by atoms with Gasteiger partial charge in [-0.25, -0.2) is 8.42 Å². The van der Waals surface area contributed by atoms with Crippen LogP contribution in [0.5, 0.6) is 0 Å². The molecule has 0 radical (unpaired) electrons. The van der Waals surface area contributed by atoms with Crippen LogP contribution < -0.4 is 5.32 Å². The number of fused-ring (bicyclic) bond motifs is 1. The van der Waals surface area contributed by atoms with Crippen molar-refractivity contribution >= 4 is 15.9 Å². The summed E-state index contributed by atoms with van der Waals surface area (Å²) in [5.74, 6) is -0.299. The highest BCUT2D eigenvalue weighted by Gasteiger charge is 2.22. The number of benzene rings is 2. The first-order valence-corrected chi connectivity index (χ1v) is 11.6. The van der Waals surface area contributed by atoms with Gasteiger partial charge in [-0.05, 0) is 54.9 Å². The maximum absolute atomic E-state index is 12.5. The summed E-state index contributed by atoms with van der Waals surface area (Å²) in [5.41, 5.74) is 4.68. The first kappa shape index (κ1) is 20.6. The van der Waals surface area contributed by atoms with Gasteiger partial charge in [0.15, 0.2) is 0 Å². The molecule has 0 saturated carbocycles. The molecule has 6 heteroatoms. The topological polar surface area (TPSA) is 66.5 Å². The van der Waals surface area contributed by atoms with Gasteiger partial charge >= 0.3 is 0 Å². The van der Waals surface area contributed by atoms with Gasteiger partial charge in [-0.3, -0.25) is 4.79 Å². The van der Waals surface area contributed by atoms with Crippen LogP contribution in [0.4, 0.5) is 0 Å². The maximum Gasteiger partial charge on any atom is 0.235 e. The third kappa shape index (κ3) is 5.42. The van der Waals surface area contributed by atoms with Gasteiger partial charge in [-0.1, -0.05) is 48.5 Å². The molecule has 0 spiro atoms. The van der Waals surface area contributed by atoms with Crippen LogP contribution in [0.3, 0.4) is 0 Å². The van der Waals surface area contributed by atoms with Gasteiger partial charge in [0.1, 0.15) is 0 Å². The molecule has 0 saturated heterocycles. The molecule has 150 valence electrons. The van der Waals surface area contributed by atoms with Crippen molar-refractivity contribution in [3.8, 4) is 0 Å². The molecule has 1 amide bonds. The monoisotopic (exact) mass is 400 g/mol. The Morgan fingerprint density at radius 2 is 1.75 bits per heavy atom. The van der Waals surface area contributed by atoms with Crippen LogP contribution in [0.25, 0.3) is 0 Å². The summed E-state index contributed by atoms with van der Waals surface area (Å²) < 4.78 is 25.5. The summed E-state index contributed by atoms with van der Waals surface area (Å²) in [6, 6.07) is 15.5. The van der Waals surface area contributed by atoms with E-state index in [1.807, 2.05) is 37.3 Å². The van der Waals surface area contributed by atoms with Crippen molar-refractivity contribution in [3.05, 3.63) is 70.8 Å². The molecule has 3 rings (SSSR count). The number of aryl methyl sites for hydroxylation is 2. The molecule has 1 aliphatic rings. The summed E-state index contributed by atoms with van der Waals surface area (Å²) in [7, 11) is -3.50. The molecule has 0 bridgehead atoms. The first-order valence-electron chi connectivity index (χ1n) is 9.73. The number of carbonyl (C=O) groups excluding carboxylic acids is 1. The molecule has 28 heavy (non-hydrogen) atoms. The van der Waals surface area contributed by atoms with E-state index in [4.69, 9.17) is 0 Å². The highest BCUT2D eigenvalue weighted by atomic mass is 32.2. The van der Waals surface area contributed by atoms with Gasteiger partial charge < -0.3 is 5.32 Å². The van der Waals surface area contributed by atoms with Crippen LogP contribution in [-0.2, 0) is 34.2 Å². The molecule has 0 fully saturated rings. The predicted octanol–water partition coefficient (Wildman–Crippen LogP) is 3.20. The van der Waals surface area contributed by atoms with Crippen molar-refractivity contribution in [3.63, 3.8) is 0 Å². The zero-order valence-corrected chi connectivity index (χ0v) is 17.3. The van der Waals surface area contributed by atoms with Crippen molar-refractivity contribution in [2.24, 2.45) is 0 Å². The number of nitrogens with one attached hydrogen (secondary N) is 1. The van der Waals surface area contributed by atoms with Gasteiger partial charge in [0, 0.05) is 6.54 Å². The normalized spacial score (nSPS) is 15.1. The summed E-state index contributed by atoms with van der Waals surface area (Å²) in [5, 5.41) is 2.95. The highest BCUT2D eigenvalue weighted by Crippen LogP contribution is 2.24. The average molecular weight is 401 g/mol. The van der Waals surface area contributed by atoms with Crippen molar-refractivity contribution in [1.29, 1.82) is 0 Å². The number of hydrogen-bond donors (Lipinski definition) is 1. The second-order valence-electron chi connectivity index (χ2n) is 7.54. The summed E-state index contributed by atoms with van der Waals surface area (Å²) >= 11 is 0. The minimum Gasteiger partial charge on any atom is -0.348 e. The molecule has 0 unspecified atom stereocenters. The van der Waals surface area contributed by atoms with E-state index in [1.54, 1.807) is 0 Å². The van der Waals surface area contributed by atoms with Crippen LogP contribution in [0.2, 0.25) is 0 Å². The standard InChI is InChI=1S/C22H28N2O3S/c1-17(20-13-12-19-10-6-7-11-21(19)14-20)23-22(25)16-24(28(2,26)27)15-18-8-4-3-5-9-18/h3-5,8-9,12-14,17H,6-7,10-11,15-16H2,1-2H3,(H,23,25)/t17-/m1/s1. The average Bonchev–Trinajstić information content (AvgIpc) is 2.67. The largest absolute Gasteiger partial charge is 0.348 e. The SMILES string of the molecule is C[C@@H](NC(=O)CN(Cc1ccccc1)S(C)(=O)=O)c1ccc2c(c1)CCCC2. The van der Waals surface area contributed by atoms with Crippen molar-refractivity contribution in [1.82, 2.24) is 9.62 Å². The molecule has 1 aliphatic carbocycles. The molecule has 2 aromatic carbocycles. The summed E-state index contributed by atoms with van der Waals surface area (Å²) in [4.78, 5) is 12.5. The van der Waals surface area contributed by atoms with Gasteiger partial charge in [0.05, 0.1) is 18.8 Å². The molecule has 0 aromatic heterocycles. The maximum atomic E-state index is 12.5. The fourth-order valence-electron chi connectivity index (χ4n) is 3.63. The van der Waals surface area contributed by atoms with E-state index in [2.05, 4.69) is 23.5 Å². The zero-order chi connectivity index (χ0) is 20.1. The molecular formula is C22H28N2O3S. The Kier molecular flexibility index (Phi) is 6.52. The van der Waals surface area contributed by atoms with Crippen LogP contribution >= 0.6 is 0 Å². The Labute approximate surface area is 167 Å². The molecule has 2 aromatic rings. The predicted molar refractivity (Wildman–Crippen MR) is 111 cm³/mol. The van der Waals surface area contributed by atoms with Gasteiger partial charge in [-0.15, -0.1) is 0 Å². The second-order valence-corrected chi connectivity index (χ2v) is 9.52. The van der Waals surface area contributed by atoms with E-state index in [-0.39, 0.29) is 25.0 Å². The van der Waals surface area contributed by atoms with Gasteiger partial charge in [0.25, 0.3) is 0 Å². The van der Waals surface area contributed by atoms with E-state index in [9.17, 15) is 13.2 Å².